The van der Waals surface area contributed by atoms with Crippen molar-refractivity contribution in [1.29, 1.82) is 0 Å². The zero-order valence-electron chi connectivity index (χ0n) is 7.93. The van der Waals surface area contributed by atoms with Crippen LogP contribution in [0.5, 0.6) is 0 Å². The highest BCUT2D eigenvalue weighted by Gasteiger charge is 2.01. The van der Waals surface area contributed by atoms with Crippen molar-refractivity contribution in [3.63, 3.8) is 0 Å². The first-order chi connectivity index (χ1) is 6.59. The summed E-state index contributed by atoms with van der Waals surface area (Å²) < 4.78 is 1.03. The fourth-order valence-electron chi connectivity index (χ4n) is 1.09. The Morgan fingerprint density at radius 3 is 2.93 bits per heavy atom. The molecule has 0 aliphatic rings. The molecule has 0 fully saturated rings. The zero-order valence-corrected chi connectivity index (χ0v) is 10.3. The molecular formula is C10H13BrClNO. The van der Waals surface area contributed by atoms with Crippen LogP contribution in [0.2, 0.25) is 5.02 Å². The third kappa shape index (κ3) is 3.96. The van der Waals surface area contributed by atoms with Crippen LogP contribution in [0.15, 0.2) is 22.7 Å². The van der Waals surface area contributed by atoms with Gasteiger partial charge in [-0.1, -0.05) is 27.5 Å². The van der Waals surface area contributed by atoms with Crippen molar-refractivity contribution >= 4 is 27.5 Å². The van der Waals surface area contributed by atoms with Crippen molar-refractivity contribution in [3.05, 3.63) is 33.3 Å². The van der Waals surface area contributed by atoms with Gasteiger partial charge in [0, 0.05) is 22.6 Å². The number of aliphatic hydroxyl groups is 1. The number of rotatable bonds is 4. The summed E-state index contributed by atoms with van der Waals surface area (Å²) in [5.74, 6) is 0. The van der Waals surface area contributed by atoms with Gasteiger partial charge in [-0.15, -0.1) is 0 Å². The molecule has 2 N–H and O–H groups in total. The average Bonchev–Trinajstić information content (AvgIpc) is 2.10. The minimum absolute atomic E-state index is 0.326. The number of hydrogen-bond acceptors (Lipinski definition) is 2. The number of benzene rings is 1. The summed E-state index contributed by atoms with van der Waals surface area (Å²) in [7, 11) is 0. The van der Waals surface area contributed by atoms with Crippen LogP contribution in [0.3, 0.4) is 0 Å². The summed E-state index contributed by atoms with van der Waals surface area (Å²) in [5, 5.41) is 12.9. The van der Waals surface area contributed by atoms with Gasteiger partial charge in [-0.25, -0.2) is 0 Å². The van der Waals surface area contributed by atoms with E-state index in [2.05, 4.69) is 21.2 Å². The second kappa shape index (κ2) is 5.71. The Hall–Kier alpha value is -0.0900. The van der Waals surface area contributed by atoms with E-state index in [0.717, 1.165) is 15.1 Å². The Bertz CT molecular complexity index is 304. The van der Waals surface area contributed by atoms with Crippen LogP contribution in [-0.2, 0) is 6.54 Å². The first-order valence-corrected chi connectivity index (χ1v) is 5.59. The molecule has 4 heteroatoms. The molecule has 1 aromatic carbocycles. The van der Waals surface area contributed by atoms with Gasteiger partial charge >= 0.3 is 0 Å². The fourth-order valence-corrected chi connectivity index (χ4v) is 1.68. The summed E-state index contributed by atoms with van der Waals surface area (Å²) in [4.78, 5) is 0. The molecule has 0 heterocycles. The molecule has 78 valence electrons. The number of hydrogen-bond donors (Lipinski definition) is 2. The largest absolute Gasteiger partial charge is 0.392 e. The fraction of sp³-hybridized carbons (Fsp3) is 0.400. The Morgan fingerprint density at radius 1 is 1.57 bits per heavy atom. The van der Waals surface area contributed by atoms with Gasteiger partial charge in [0.15, 0.2) is 0 Å². The molecule has 0 aromatic heterocycles. The van der Waals surface area contributed by atoms with Gasteiger partial charge in [-0.05, 0) is 30.7 Å². The lowest BCUT2D eigenvalue weighted by Gasteiger charge is -2.08. The smallest absolute Gasteiger partial charge is 0.0636 e. The molecular weight excluding hydrogens is 265 g/mol. The van der Waals surface area contributed by atoms with E-state index in [-0.39, 0.29) is 6.10 Å². The van der Waals surface area contributed by atoms with Crippen molar-refractivity contribution in [2.45, 2.75) is 19.6 Å². The molecule has 0 aliphatic carbocycles. The lowest BCUT2D eigenvalue weighted by molar-refractivity contribution is 0.191. The minimum atomic E-state index is -0.326. The van der Waals surface area contributed by atoms with Gasteiger partial charge in [0.2, 0.25) is 0 Å². The Kier molecular flexibility index (Phi) is 4.89. The number of halogens is 2. The molecule has 0 spiro atoms. The highest BCUT2D eigenvalue weighted by atomic mass is 79.9. The van der Waals surface area contributed by atoms with Gasteiger partial charge in [0.1, 0.15) is 0 Å². The molecule has 0 saturated heterocycles. The topological polar surface area (TPSA) is 32.3 Å². The molecule has 1 rings (SSSR count). The Balaban J connectivity index is 2.53. The van der Waals surface area contributed by atoms with E-state index in [1.165, 1.54) is 0 Å². The average molecular weight is 279 g/mol. The van der Waals surface area contributed by atoms with E-state index in [1.54, 1.807) is 6.92 Å². The molecule has 1 atom stereocenters. The van der Waals surface area contributed by atoms with Crippen LogP contribution in [0.25, 0.3) is 0 Å². The highest BCUT2D eigenvalue weighted by molar-refractivity contribution is 9.10. The Labute approximate surface area is 97.4 Å². The summed E-state index contributed by atoms with van der Waals surface area (Å²) in [6, 6.07) is 5.66. The molecule has 2 nitrogen and oxygen atoms in total. The maximum atomic E-state index is 9.05. The molecule has 0 unspecified atom stereocenters. The molecule has 0 saturated carbocycles. The van der Waals surface area contributed by atoms with Crippen molar-refractivity contribution < 1.29 is 5.11 Å². The van der Waals surface area contributed by atoms with Crippen molar-refractivity contribution in [1.82, 2.24) is 5.32 Å². The van der Waals surface area contributed by atoms with Gasteiger partial charge in [-0.2, -0.15) is 0 Å². The van der Waals surface area contributed by atoms with Gasteiger partial charge in [0.05, 0.1) is 6.10 Å². The van der Waals surface area contributed by atoms with E-state index in [9.17, 15) is 0 Å². The molecule has 0 amide bonds. The van der Waals surface area contributed by atoms with E-state index in [0.29, 0.717) is 13.1 Å². The maximum Gasteiger partial charge on any atom is 0.0636 e. The van der Waals surface area contributed by atoms with E-state index in [4.69, 9.17) is 16.7 Å². The second-order valence-electron chi connectivity index (χ2n) is 3.22. The predicted molar refractivity (Wildman–Crippen MR) is 62.5 cm³/mol. The van der Waals surface area contributed by atoms with Gasteiger partial charge in [0.25, 0.3) is 0 Å². The molecule has 0 bridgehead atoms. The monoisotopic (exact) mass is 277 g/mol. The lowest BCUT2D eigenvalue weighted by atomic mass is 10.2. The van der Waals surface area contributed by atoms with E-state index >= 15 is 0 Å². The van der Waals surface area contributed by atoms with Gasteiger partial charge < -0.3 is 10.4 Å². The number of nitrogens with one attached hydrogen (secondary N) is 1. The van der Waals surface area contributed by atoms with Crippen LogP contribution >= 0.6 is 27.5 Å². The van der Waals surface area contributed by atoms with Crippen molar-refractivity contribution in [2.75, 3.05) is 6.54 Å². The predicted octanol–water partition coefficient (Wildman–Crippen LogP) is 2.57. The van der Waals surface area contributed by atoms with E-state index < -0.39 is 0 Å². The summed E-state index contributed by atoms with van der Waals surface area (Å²) in [6.07, 6.45) is -0.326. The van der Waals surface area contributed by atoms with Crippen LogP contribution in [0.4, 0.5) is 0 Å². The number of aliphatic hydroxyl groups excluding tert-OH is 1. The zero-order chi connectivity index (χ0) is 10.6. The summed E-state index contributed by atoms with van der Waals surface area (Å²) >= 11 is 9.30. The molecule has 1 aromatic rings. The maximum absolute atomic E-state index is 9.05. The summed E-state index contributed by atoms with van der Waals surface area (Å²) in [6.45, 7) is 3.03. The second-order valence-corrected chi connectivity index (χ2v) is 4.51. The van der Waals surface area contributed by atoms with Crippen molar-refractivity contribution in [3.8, 4) is 0 Å². The first-order valence-electron chi connectivity index (χ1n) is 4.42. The third-order valence-corrected chi connectivity index (χ3v) is 2.77. The molecule has 14 heavy (non-hydrogen) atoms. The highest BCUT2D eigenvalue weighted by Crippen LogP contribution is 2.20. The lowest BCUT2D eigenvalue weighted by Crippen LogP contribution is -2.23. The van der Waals surface area contributed by atoms with Crippen LogP contribution < -0.4 is 5.32 Å². The summed E-state index contributed by atoms with van der Waals surface area (Å²) in [5.41, 5.74) is 1.10. The van der Waals surface area contributed by atoms with Gasteiger partial charge in [-0.3, -0.25) is 0 Å². The molecule has 0 aliphatic heterocycles. The third-order valence-electron chi connectivity index (χ3n) is 1.76. The van der Waals surface area contributed by atoms with Crippen LogP contribution in [-0.4, -0.2) is 17.8 Å². The SMILES string of the molecule is C[C@@H](O)CNCc1cc(Cl)ccc1Br. The van der Waals surface area contributed by atoms with Crippen molar-refractivity contribution in [2.24, 2.45) is 0 Å². The molecule has 0 radical (unpaired) electrons. The normalized spacial score (nSPS) is 12.9. The quantitative estimate of drug-likeness (QED) is 0.887. The van der Waals surface area contributed by atoms with E-state index in [1.807, 2.05) is 18.2 Å². The standard InChI is InChI=1S/C10H13BrClNO/c1-7(14)5-13-6-8-4-9(12)2-3-10(8)11/h2-4,7,13-14H,5-6H2,1H3/t7-/m1/s1. The Morgan fingerprint density at radius 2 is 2.29 bits per heavy atom. The van der Waals surface area contributed by atoms with Crippen LogP contribution in [0.1, 0.15) is 12.5 Å². The van der Waals surface area contributed by atoms with Crippen LogP contribution in [0, 0.1) is 0 Å². The minimum Gasteiger partial charge on any atom is -0.392 e. The first kappa shape index (κ1) is 12.0.